The number of nitrogens with zero attached hydrogens (tertiary/aromatic N) is 1. The van der Waals surface area contributed by atoms with Crippen molar-refractivity contribution < 1.29 is 39.9 Å². The van der Waals surface area contributed by atoms with E-state index in [9.17, 15) is 15.2 Å². The average molecular weight is 340 g/mol. The number of hydrogen-bond donors (Lipinski definition) is 2. The van der Waals surface area contributed by atoms with Crippen LogP contribution < -0.4 is 5.73 Å². The van der Waals surface area contributed by atoms with Crippen molar-refractivity contribution in [2.45, 2.75) is 5.40 Å². The molecule has 0 aliphatic rings. The predicted molar refractivity (Wildman–Crippen MR) is 23.1 cm³/mol. The Morgan fingerprint density at radius 3 is 1.91 bits per heavy atom. The minimum absolute atomic E-state index is 0.232. The fraction of sp³-hybridized carbons (Fsp3) is 0.500. The quantitative estimate of drug-likeness (QED) is 0.513. The van der Waals surface area contributed by atoms with Crippen LogP contribution in [0.3, 0.4) is 0 Å². The van der Waals surface area contributed by atoms with Crippen LogP contribution in [0.4, 0.5) is 4.79 Å². The monoisotopic (exact) mass is 341 g/mol. The van der Waals surface area contributed by atoms with Crippen molar-refractivity contribution in [1.29, 1.82) is 0 Å². The SMILES string of the molecule is [CH3][Re](=[O])(=[O])(=[O])[N](OO)C(N)=O. The van der Waals surface area contributed by atoms with E-state index < -0.39 is 24.2 Å². The summed E-state index contributed by atoms with van der Waals surface area (Å²) in [6.07, 6.45) is 0. The van der Waals surface area contributed by atoms with Crippen molar-refractivity contribution in [1.82, 2.24) is 3.70 Å². The standard InChI is InChI=1S/CH4N2O3.CH3.3O.Re/c2-1(4)3-6-5;;;;;/h(H4,2,3,4,5);1H3;;;;/q;;;;;+1/p-1. The van der Waals surface area contributed by atoms with E-state index in [4.69, 9.17) is 5.26 Å². The van der Waals surface area contributed by atoms with E-state index in [0.717, 1.165) is 0 Å². The Bertz CT molecular complexity index is 335. The third-order valence-electron chi connectivity index (χ3n) is 0.587. The van der Waals surface area contributed by atoms with Crippen molar-refractivity contribution >= 4 is 6.03 Å². The van der Waals surface area contributed by atoms with Crippen LogP contribution in [0.25, 0.3) is 0 Å². The third-order valence-corrected chi connectivity index (χ3v) is 3.86. The van der Waals surface area contributed by atoms with E-state index in [-0.39, 0.29) is 5.40 Å². The fourth-order valence-corrected chi connectivity index (χ4v) is 2.12. The van der Waals surface area contributed by atoms with E-state index in [2.05, 4.69) is 10.7 Å². The van der Waals surface area contributed by atoms with Gasteiger partial charge in [-0.15, -0.1) is 0 Å². The zero-order valence-corrected chi connectivity index (χ0v) is 8.11. The van der Waals surface area contributed by atoms with E-state index in [1.165, 1.54) is 0 Å². The number of rotatable bonds is 2. The predicted octanol–water partition coefficient (Wildman–Crippen LogP) is -0.539. The molecule has 2 amide bonds. The van der Waals surface area contributed by atoms with Crippen LogP contribution in [-0.2, 0) is 29.8 Å². The van der Waals surface area contributed by atoms with E-state index >= 15 is 0 Å². The molecule has 0 fully saturated rings. The third kappa shape index (κ3) is 2.77. The molecule has 0 bridgehead atoms. The molecule has 0 radical (unpaired) electrons. The molecule has 3 N–H and O–H groups in total. The number of carbonyl (C=O) groups is 1. The van der Waals surface area contributed by atoms with E-state index in [1.54, 1.807) is 0 Å². The second-order valence-corrected chi connectivity index (χ2v) is 10.2. The van der Waals surface area contributed by atoms with Gasteiger partial charge >= 0.3 is 60.7 Å². The molecule has 0 aliphatic carbocycles. The van der Waals surface area contributed by atoms with Crippen LogP contribution in [0.5, 0.6) is 0 Å². The minimum atomic E-state index is -6.94. The van der Waals surface area contributed by atoms with Crippen molar-refractivity contribution in [3.63, 3.8) is 0 Å². The average Bonchev–Trinajstić information content (AvgIpc) is 1.57. The molecule has 11 heavy (non-hydrogen) atoms. The van der Waals surface area contributed by atoms with Crippen LogP contribution in [-0.4, -0.2) is 15.0 Å². The second kappa shape index (κ2) is 2.39. The van der Waals surface area contributed by atoms with Gasteiger partial charge in [0.15, 0.2) is 0 Å². The first-order valence-corrected chi connectivity index (χ1v) is 9.35. The zero-order chi connectivity index (χ0) is 9.31. The molecule has 0 spiro atoms. The van der Waals surface area contributed by atoms with Gasteiger partial charge in [0.25, 0.3) is 0 Å². The Morgan fingerprint density at radius 1 is 1.55 bits per heavy atom. The van der Waals surface area contributed by atoms with Crippen LogP contribution in [0.2, 0.25) is 5.40 Å². The normalized spacial score (nSPS) is 14.9. The summed E-state index contributed by atoms with van der Waals surface area (Å²) in [6, 6.07) is -1.68. The maximum absolute atomic E-state index is 10.5. The Hall–Kier alpha value is -0.748. The van der Waals surface area contributed by atoms with Gasteiger partial charge in [0, 0.05) is 0 Å². The number of urea groups is 1. The van der Waals surface area contributed by atoms with Gasteiger partial charge in [0.2, 0.25) is 0 Å². The van der Waals surface area contributed by atoms with Gasteiger partial charge in [0.1, 0.15) is 0 Å². The summed E-state index contributed by atoms with van der Waals surface area (Å²) in [5.41, 5.74) is 4.37. The van der Waals surface area contributed by atoms with Crippen molar-refractivity contribution in [3.8, 4) is 0 Å². The van der Waals surface area contributed by atoms with Crippen molar-refractivity contribution in [2.24, 2.45) is 5.73 Å². The van der Waals surface area contributed by atoms with Gasteiger partial charge in [-0.05, 0) is 0 Å². The number of primary amides is 1. The molecular formula is C2H6N2O6Re. The Kier molecular flexibility index (Phi) is 2.22. The molecule has 0 saturated carbocycles. The van der Waals surface area contributed by atoms with Gasteiger partial charge in [-0.25, -0.2) is 0 Å². The summed E-state index contributed by atoms with van der Waals surface area (Å²) in [5, 5.41) is 8.00. The molecule has 0 saturated heterocycles. The molecule has 0 heterocycles. The van der Waals surface area contributed by atoms with Crippen molar-refractivity contribution in [2.75, 3.05) is 0 Å². The summed E-state index contributed by atoms with van der Waals surface area (Å²) >= 11 is -6.94. The first-order chi connectivity index (χ1) is 4.65. The molecule has 0 unspecified atom stereocenters. The van der Waals surface area contributed by atoms with Crippen LogP contribution in [0, 0.1) is 0 Å². The van der Waals surface area contributed by atoms with Gasteiger partial charge in [-0.3, -0.25) is 0 Å². The second-order valence-electron chi connectivity index (χ2n) is 1.69. The van der Waals surface area contributed by atoms with Crippen LogP contribution in [0.1, 0.15) is 0 Å². The van der Waals surface area contributed by atoms with Crippen LogP contribution >= 0.6 is 0 Å². The van der Waals surface area contributed by atoms with Gasteiger partial charge in [0.05, 0.1) is 0 Å². The molecule has 67 valence electrons. The Morgan fingerprint density at radius 2 is 1.91 bits per heavy atom. The summed E-state index contributed by atoms with van der Waals surface area (Å²) in [7, 11) is 0. The van der Waals surface area contributed by atoms with Gasteiger partial charge < -0.3 is 0 Å². The topological polar surface area (TPSA) is 127 Å². The Balaban J connectivity index is 5.18. The molecule has 9 heteroatoms. The van der Waals surface area contributed by atoms with Gasteiger partial charge in [-0.2, -0.15) is 0 Å². The summed E-state index contributed by atoms with van der Waals surface area (Å²) in [4.78, 5) is 13.1. The molecule has 0 aromatic rings. The number of nitrogens with two attached hydrogens (primary N) is 1. The summed E-state index contributed by atoms with van der Waals surface area (Å²) < 4.78 is 30.7. The molecule has 0 aromatic heterocycles. The molecule has 0 aromatic carbocycles. The van der Waals surface area contributed by atoms with E-state index in [1.807, 2.05) is 0 Å². The molecule has 0 aliphatic heterocycles. The summed E-state index contributed by atoms with van der Waals surface area (Å²) in [6.45, 7) is 0. The fourth-order valence-electron chi connectivity index (χ4n) is 0.294. The van der Waals surface area contributed by atoms with E-state index in [0.29, 0.717) is 0 Å². The maximum atomic E-state index is 10.5. The summed E-state index contributed by atoms with van der Waals surface area (Å²) in [5.74, 6) is 0. The molecular weight excluding hydrogens is 334 g/mol. The number of hydroxylamine groups is 1. The molecule has 0 rings (SSSR count). The number of amides is 2. The molecule has 0 atom stereocenters. The van der Waals surface area contributed by atoms with Crippen LogP contribution in [0.15, 0.2) is 0 Å². The Labute approximate surface area is 61.4 Å². The zero-order valence-electron chi connectivity index (χ0n) is 5.39. The van der Waals surface area contributed by atoms with Crippen molar-refractivity contribution in [3.05, 3.63) is 0 Å². The molecule has 8 nitrogen and oxygen atoms in total. The first kappa shape index (κ1) is 10.3. The number of hydrogen-bond acceptors (Lipinski definition) is 6. The number of carbonyl (C=O) groups excluding carboxylic acids is 1. The van der Waals surface area contributed by atoms with Gasteiger partial charge in [-0.1, -0.05) is 0 Å². The first-order valence-electron chi connectivity index (χ1n) is 2.09.